The zero-order chi connectivity index (χ0) is 8.85. The molecule has 0 heterocycles. The van der Waals surface area contributed by atoms with Gasteiger partial charge in [0.25, 0.3) is 0 Å². The molecule has 0 bridgehead atoms. The van der Waals surface area contributed by atoms with Gasteiger partial charge < -0.3 is 14.8 Å². The molecule has 0 atom stereocenters. The smallest absolute Gasteiger partial charge is 0.326 e. The van der Waals surface area contributed by atoms with Gasteiger partial charge in [0.2, 0.25) is 0 Å². The Morgan fingerprint density at radius 1 is 1.27 bits per heavy atom. The minimum atomic E-state index is -0.695. The van der Waals surface area contributed by atoms with E-state index in [2.05, 4.69) is 9.68 Å². The fourth-order valence-electron chi connectivity index (χ4n) is 0.363. The topological polar surface area (TPSA) is 76.1 Å². The van der Waals surface area contributed by atoms with E-state index in [1.54, 1.807) is 0 Å². The highest BCUT2D eigenvalue weighted by atomic mass is 17.0. The highest BCUT2D eigenvalue weighted by molar-refractivity contribution is 5.67. The van der Waals surface area contributed by atoms with E-state index in [4.69, 9.17) is 5.11 Å². The highest BCUT2D eigenvalue weighted by Crippen LogP contribution is 1.91. The van der Waals surface area contributed by atoms with E-state index in [0.717, 1.165) is 13.8 Å². The van der Waals surface area contributed by atoms with Crippen LogP contribution in [0.1, 0.15) is 13.8 Å². The van der Waals surface area contributed by atoms with Gasteiger partial charge in [0.1, 0.15) is 0 Å². The normalized spacial score (nSPS) is 9.45. The van der Waals surface area contributed by atoms with E-state index in [1.165, 1.54) is 0 Å². The fourth-order valence-corrected chi connectivity index (χ4v) is 0.363. The molecule has 0 aromatic carbocycles. The molecule has 0 aliphatic carbocycles. The predicted molar refractivity (Wildman–Crippen MR) is 32.5 cm³/mol. The molecule has 0 rings (SSSR count). The summed E-state index contributed by atoms with van der Waals surface area (Å²) in [6, 6.07) is 0. The number of aliphatic hydroxyl groups is 1. The molecule has 0 saturated carbocycles. The van der Waals surface area contributed by atoms with E-state index < -0.39 is 18.7 Å². The molecule has 0 unspecified atom stereocenters. The first-order valence-electron chi connectivity index (χ1n) is 2.81. The SMILES string of the molecule is CC(=O)ON(CO)OC(C)=O. The van der Waals surface area contributed by atoms with Gasteiger partial charge in [-0.25, -0.2) is 0 Å². The minimum absolute atomic E-state index is 0.380. The monoisotopic (exact) mass is 163 g/mol. The van der Waals surface area contributed by atoms with E-state index in [-0.39, 0.29) is 0 Å². The Labute approximate surface area is 63.2 Å². The van der Waals surface area contributed by atoms with Gasteiger partial charge in [-0.05, 0) is 0 Å². The Bertz CT molecular complexity index is 141. The van der Waals surface area contributed by atoms with E-state index in [9.17, 15) is 9.59 Å². The van der Waals surface area contributed by atoms with Crippen LogP contribution in [0.5, 0.6) is 0 Å². The molecule has 0 fully saturated rings. The van der Waals surface area contributed by atoms with Crippen molar-refractivity contribution in [1.82, 2.24) is 5.23 Å². The fraction of sp³-hybridized carbons (Fsp3) is 0.600. The van der Waals surface area contributed by atoms with Gasteiger partial charge in [-0.3, -0.25) is 9.59 Å². The lowest BCUT2D eigenvalue weighted by atomic mass is 10.8. The molecule has 6 nitrogen and oxygen atoms in total. The molecule has 0 saturated heterocycles. The average Bonchev–Trinajstić information content (AvgIpc) is 1.84. The lowest BCUT2D eigenvalue weighted by molar-refractivity contribution is -0.345. The number of hydroxylamine groups is 2. The second kappa shape index (κ2) is 4.64. The molecule has 0 aliphatic heterocycles. The first-order chi connectivity index (χ1) is 5.06. The molecule has 11 heavy (non-hydrogen) atoms. The van der Waals surface area contributed by atoms with Crippen molar-refractivity contribution in [3.63, 3.8) is 0 Å². The molecule has 0 aromatic heterocycles. The minimum Gasteiger partial charge on any atom is -0.374 e. The third-order valence-corrected chi connectivity index (χ3v) is 0.576. The summed E-state index contributed by atoms with van der Waals surface area (Å²) in [5.74, 6) is -1.36. The summed E-state index contributed by atoms with van der Waals surface area (Å²) < 4.78 is 0. The Morgan fingerprint density at radius 3 is 1.82 bits per heavy atom. The zero-order valence-electron chi connectivity index (χ0n) is 6.23. The maximum atomic E-state index is 10.2. The van der Waals surface area contributed by atoms with Crippen LogP contribution in [-0.4, -0.2) is 29.0 Å². The van der Waals surface area contributed by atoms with E-state index >= 15 is 0 Å². The van der Waals surface area contributed by atoms with Crippen molar-refractivity contribution in [2.75, 3.05) is 6.73 Å². The predicted octanol–water partition coefficient (Wildman–Crippen LogP) is -0.806. The van der Waals surface area contributed by atoms with Crippen molar-refractivity contribution < 1.29 is 24.4 Å². The van der Waals surface area contributed by atoms with Crippen LogP contribution < -0.4 is 0 Å². The molecule has 0 aliphatic rings. The largest absolute Gasteiger partial charge is 0.374 e. The summed E-state index contributed by atoms with van der Waals surface area (Å²) in [6.45, 7) is 1.54. The second-order valence-electron chi connectivity index (χ2n) is 1.64. The van der Waals surface area contributed by atoms with Crippen molar-refractivity contribution >= 4 is 11.9 Å². The van der Waals surface area contributed by atoms with Crippen LogP contribution in [0.3, 0.4) is 0 Å². The number of rotatable bonds is 3. The molecule has 64 valence electrons. The number of carbonyl (C=O) groups is 2. The van der Waals surface area contributed by atoms with Crippen molar-refractivity contribution in [2.45, 2.75) is 13.8 Å². The summed E-state index contributed by atoms with van der Waals surface area (Å²) in [5, 5.41) is 8.77. The van der Waals surface area contributed by atoms with Crippen molar-refractivity contribution in [3.05, 3.63) is 0 Å². The first-order valence-corrected chi connectivity index (χ1v) is 2.81. The number of hydrogen-bond acceptors (Lipinski definition) is 6. The Kier molecular flexibility index (Phi) is 4.16. The third kappa shape index (κ3) is 5.31. The van der Waals surface area contributed by atoms with Gasteiger partial charge >= 0.3 is 11.9 Å². The van der Waals surface area contributed by atoms with Crippen molar-refractivity contribution in [1.29, 1.82) is 0 Å². The lowest BCUT2D eigenvalue weighted by Gasteiger charge is -2.14. The van der Waals surface area contributed by atoms with Crippen LogP contribution in [-0.2, 0) is 19.3 Å². The Hall–Kier alpha value is -1.14. The number of carbonyl (C=O) groups excluding carboxylic acids is 2. The number of hydrogen-bond donors (Lipinski definition) is 1. The summed E-state index contributed by atoms with van der Waals surface area (Å²) in [7, 11) is 0. The van der Waals surface area contributed by atoms with Crippen LogP contribution in [0, 0.1) is 0 Å². The molecule has 0 radical (unpaired) electrons. The maximum Gasteiger partial charge on any atom is 0.326 e. The van der Waals surface area contributed by atoms with Gasteiger partial charge in [0.15, 0.2) is 6.73 Å². The number of nitrogens with zero attached hydrogens (tertiary/aromatic N) is 1. The van der Waals surface area contributed by atoms with Gasteiger partial charge in [-0.15, -0.1) is 0 Å². The van der Waals surface area contributed by atoms with Crippen LogP contribution in [0.4, 0.5) is 0 Å². The standard InChI is InChI=1S/C5H9NO5/c1-4(8)10-6(3-7)11-5(2)9/h7H,3H2,1-2H3. The van der Waals surface area contributed by atoms with Crippen LogP contribution in [0.2, 0.25) is 0 Å². The Morgan fingerprint density at radius 2 is 1.64 bits per heavy atom. The van der Waals surface area contributed by atoms with Gasteiger partial charge in [-0.1, -0.05) is 0 Å². The van der Waals surface area contributed by atoms with Crippen LogP contribution in [0.25, 0.3) is 0 Å². The van der Waals surface area contributed by atoms with Crippen molar-refractivity contribution in [2.24, 2.45) is 0 Å². The van der Waals surface area contributed by atoms with Crippen LogP contribution >= 0.6 is 0 Å². The summed E-state index contributed by atoms with van der Waals surface area (Å²) in [5.41, 5.74) is 0. The third-order valence-electron chi connectivity index (χ3n) is 0.576. The zero-order valence-corrected chi connectivity index (χ0v) is 6.23. The average molecular weight is 163 g/mol. The molecule has 0 aromatic rings. The van der Waals surface area contributed by atoms with E-state index in [1.807, 2.05) is 0 Å². The summed E-state index contributed by atoms with van der Waals surface area (Å²) in [4.78, 5) is 28.9. The van der Waals surface area contributed by atoms with Gasteiger partial charge in [-0.2, -0.15) is 0 Å². The van der Waals surface area contributed by atoms with E-state index in [0.29, 0.717) is 5.23 Å². The summed E-state index contributed by atoms with van der Waals surface area (Å²) in [6.07, 6.45) is 0. The van der Waals surface area contributed by atoms with Crippen LogP contribution in [0.15, 0.2) is 0 Å². The molecule has 0 spiro atoms. The highest BCUT2D eigenvalue weighted by Gasteiger charge is 2.09. The Balaban J connectivity index is 3.76. The molecule has 6 heteroatoms. The number of aliphatic hydroxyl groups excluding tert-OH is 1. The molecule has 0 amide bonds. The first kappa shape index (κ1) is 9.86. The summed E-state index contributed by atoms with van der Waals surface area (Å²) >= 11 is 0. The lowest BCUT2D eigenvalue weighted by Crippen LogP contribution is -2.29. The maximum absolute atomic E-state index is 10.2. The van der Waals surface area contributed by atoms with Gasteiger partial charge in [0.05, 0.1) is 5.23 Å². The molecule has 1 N–H and O–H groups in total. The second-order valence-corrected chi connectivity index (χ2v) is 1.64. The molecular weight excluding hydrogens is 154 g/mol. The van der Waals surface area contributed by atoms with Crippen molar-refractivity contribution in [3.8, 4) is 0 Å². The quantitative estimate of drug-likeness (QED) is 0.433. The molecular formula is C5H9NO5. The van der Waals surface area contributed by atoms with Gasteiger partial charge in [0, 0.05) is 13.8 Å².